The van der Waals surface area contributed by atoms with Crippen molar-refractivity contribution in [1.82, 2.24) is 0 Å². The standard InChI is InChI=1S/C12H14ClFO/c13-10-7-9(4-5-11(10)14)12(15)6-8-2-1-3-8/h4-5,7-8,12,15H,1-3,6H2. The molecule has 3 heteroatoms. The average Bonchev–Trinajstić information content (AvgIpc) is 2.15. The number of hydrogen-bond donors (Lipinski definition) is 1. The van der Waals surface area contributed by atoms with E-state index in [1.165, 1.54) is 31.4 Å². The van der Waals surface area contributed by atoms with Crippen molar-refractivity contribution in [2.45, 2.75) is 31.8 Å². The molecule has 15 heavy (non-hydrogen) atoms. The number of hydrogen-bond acceptors (Lipinski definition) is 1. The molecule has 1 aromatic rings. The van der Waals surface area contributed by atoms with Gasteiger partial charge in [-0.05, 0) is 30.0 Å². The SMILES string of the molecule is OC(CC1CCC1)c1ccc(F)c(Cl)c1. The van der Waals surface area contributed by atoms with E-state index in [-0.39, 0.29) is 5.02 Å². The van der Waals surface area contributed by atoms with E-state index in [0.717, 1.165) is 6.42 Å². The van der Waals surface area contributed by atoms with Crippen LogP contribution in [0.1, 0.15) is 37.4 Å². The molecule has 1 aromatic carbocycles. The minimum Gasteiger partial charge on any atom is -0.388 e. The Morgan fingerprint density at radius 3 is 2.73 bits per heavy atom. The van der Waals surface area contributed by atoms with Gasteiger partial charge in [-0.15, -0.1) is 0 Å². The molecule has 82 valence electrons. The van der Waals surface area contributed by atoms with Crippen LogP contribution < -0.4 is 0 Å². The van der Waals surface area contributed by atoms with Crippen molar-refractivity contribution >= 4 is 11.6 Å². The van der Waals surface area contributed by atoms with Crippen LogP contribution in [0.2, 0.25) is 5.02 Å². The highest BCUT2D eigenvalue weighted by Gasteiger charge is 2.22. The van der Waals surface area contributed by atoms with Gasteiger partial charge < -0.3 is 5.11 Å². The smallest absolute Gasteiger partial charge is 0.141 e. The number of halogens is 2. The summed E-state index contributed by atoms with van der Waals surface area (Å²) in [6.45, 7) is 0. The Bertz CT molecular complexity index is 349. The minimum absolute atomic E-state index is 0.0835. The summed E-state index contributed by atoms with van der Waals surface area (Å²) in [7, 11) is 0. The predicted octanol–water partition coefficient (Wildman–Crippen LogP) is 3.70. The van der Waals surface area contributed by atoms with Gasteiger partial charge in [0.05, 0.1) is 11.1 Å². The molecule has 1 atom stereocenters. The summed E-state index contributed by atoms with van der Waals surface area (Å²) in [5.74, 6) is 0.195. The van der Waals surface area contributed by atoms with E-state index in [1.807, 2.05) is 0 Å². The lowest BCUT2D eigenvalue weighted by molar-refractivity contribution is 0.118. The molecule has 1 unspecified atom stereocenters. The van der Waals surface area contributed by atoms with Crippen molar-refractivity contribution in [2.24, 2.45) is 5.92 Å². The van der Waals surface area contributed by atoms with Gasteiger partial charge in [0.1, 0.15) is 5.82 Å². The van der Waals surface area contributed by atoms with Crippen molar-refractivity contribution in [2.75, 3.05) is 0 Å². The summed E-state index contributed by atoms with van der Waals surface area (Å²) in [6.07, 6.45) is 3.93. The van der Waals surface area contributed by atoms with Gasteiger partial charge in [-0.1, -0.05) is 36.9 Å². The molecule has 1 aliphatic rings. The summed E-state index contributed by atoms with van der Waals surface area (Å²) in [4.78, 5) is 0. The molecule has 0 amide bonds. The van der Waals surface area contributed by atoms with E-state index < -0.39 is 11.9 Å². The third-order valence-corrected chi connectivity index (χ3v) is 3.40. The van der Waals surface area contributed by atoms with Gasteiger partial charge in [0.25, 0.3) is 0 Å². The van der Waals surface area contributed by atoms with Crippen molar-refractivity contribution in [3.05, 3.63) is 34.6 Å². The van der Waals surface area contributed by atoms with Gasteiger partial charge in [0.2, 0.25) is 0 Å². The Labute approximate surface area is 93.9 Å². The Morgan fingerprint density at radius 2 is 2.20 bits per heavy atom. The summed E-state index contributed by atoms with van der Waals surface area (Å²) in [5, 5.41) is 9.97. The Morgan fingerprint density at radius 1 is 1.47 bits per heavy atom. The maximum Gasteiger partial charge on any atom is 0.141 e. The quantitative estimate of drug-likeness (QED) is 0.837. The van der Waals surface area contributed by atoms with Crippen molar-refractivity contribution in [3.63, 3.8) is 0 Å². The van der Waals surface area contributed by atoms with Crippen LogP contribution in [0.25, 0.3) is 0 Å². The Balaban J connectivity index is 2.03. The third-order valence-electron chi connectivity index (χ3n) is 3.11. The maximum absolute atomic E-state index is 12.9. The van der Waals surface area contributed by atoms with Crippen molar-refractivity contribution < 1.29 is 9.50 Å². The average molecular weight is 229 g/mol. The highest BCUT2D eigenvalue weighted by molar-refractivity contribution is 6.30. The molecule has 1 aliphatic carbocycles. The van der Waals surface area contributed by atoms with Crippen LogP contribution in [0, 0.1) is 11.7 Å². The Hall–Kier alpha value is -0.600. The first-order valence-electron chi connectivity index (χ1n) is 5.30. The molecule has 0 bridgehead atoms. The molecule has 1 saturated carbocycles. The molecular formula is C12H14ClFO. The lowest BCUT2D eigenvalue weighted by Gasteiger charge is -2.27. The molecule has 0 spiro atoms. The van der Waals surface area contributed by atoms with E-state index in [0.29, 0.717) is 11.5 Å². The largest absolute Gasteiger partial charge is 0.388 e. The zero-order valence-electron chi connectivity index (χ0n) is 8.42. The van der Waals surface area contributed by atoms with Gasteiger partial charge in [0.15, 0.2) is 0 Å². The Kier molecular flexibility index (Phi) is 3.27. The maximum atomic E-state index is 12.9. The second-order valence-corrected chi connectivity index (χ2v) is 4.63. The van der Waals surface area contributed by atoms with Crippen molar-refractivity contribution in [3.8, 4) is 0 Å². The molecule has 0 heterocycles. The first kappa shape index (κ1) is 10.9. The molecule has 0 radical (unpaired) electrons. The summed E-state index contributed by atoms with van der Waals surface area (Å²) in [5.41, 5.74) is 0.716. The van der Waals surface area contributed by atoms with Crippen LogP contribution in [0.3, 0.4) is 0 Å². The first-order chi connectivity index (χ1) is 7.16. The van der Waals surface area contributed by atoms with E-state index in [4.69, 9.17) is 11.6 Å². The van der Waals surface area contributed by atoms with Gasteiger partial charge in [-0.2, -0.15) is 0 Å². The zero-order chi connectivity index (χ0) is 10.8. The van der Waals surface area contributed by atoms with Gasteiger partial charge in [-0.3, -0.25) is 0 Å². The third kappa shape index (κ3) is 2.50. The number of rotatable bonds is 3. The molecule has 1 N–H and O–H groups in total. The molecule has 0 aliphatic heterocycles. The number of benzene rings is 1. The van der Waals surface area contributed by atoms with Crippen LogP contribution in [0.15, 0.2) is 18.2 Å². The molecular weight excluding hydrogens is 215 g/mol. The molecule has 1 fully saturated rings. The normalized spacial score (nSPS) is 18.6. The van der Waals surface area contributed by atoms with Gasteiger partial charge in [-0.25, -0.2) is 4.39 Å². The lowest BCUT2D eigenvalue weighted by Crippen LogP contribution is -2.14. The number of aliphatic hydroxyl groups excluding tert-OH is 1. The van der Waals surface area contributed by atoms with Crippen LogP contribution in [-0.2, 0) is 0 Å². The molecule has 0 saturated heterocycles. The van der Waals surface area contributed by atoms with E-state index in [9.17, 15) is 9.50 Å². The van der Waals surface area contributed by atoms with E-state index in [2.05, 4.69) is 0 Å². The van der Waals surface area contributed by atoms with Crippen LogP contribution in [0.4, 0.5) is 4.39 Å². The molecule has 2 rings (SSSR count). The van der Waals surface area contributed by atoms with Gasteiger partial charge >= 0.3 is 0 Å². The first-order valence-corrected chi connectivity index (χ1v) is 5.67. The van der Waals surface area contributed by atoms with Crippen LogP contribution >= 0.6 is 11.6 Å². The highest BCUT2D eigenvalue weighted by atomic mass is 35.5. The fraction of sp³-hybridized carbons (Fsp3) is 0.500. The monoisotopic (exact) mass is 228 g/mol. The second kappa shape index (κ2) is 4.50. The van der Waals surface area contributed by atoms with Crippen LogP contribution in [0.5, 0.6) is 0 Å². The summed E-state index contributed by atoms with van der Waals surface area (Å²) in [6, 6.07) is 4.42. The number of aliphatic hydroxyl groups is 1. The van der Waals surface area contributed by atoms with E-state index >= 15 is 0 Å². The fourth-order valence-corrected chi connectivity index (χ4v) is 2.09. The molecule has 0 aromatic heterocycles. The molecule has 1 nitrogen and oxygen atoms in total. The highest BCUT2D eigenvalue weighted by Crippen LogP contribution is 2.35. The topological polar surface area (TPSA) is 20.2 Å². The van der Waals surface area contributed by atoms with Gasteiger partial charge in [0, 0.05) is 0 Å². The second-order valence-electron chi connectivity index (χ2n) is 4.22. The zero-order valence-corrected chi connectivity index (χ0v) is 9.17. The summed E-state index contributed by atoms with van der Waals surface area (Å²) >= 11 is 5.66. The van der Waals surface area contributed by atoms with Crippen molar-refractivity contribution in [1.29, 1.82) is 0 Å². The fourth-order valence-electron chi connectivity index (χ4n) is 1.90. The predicted molar refractivity (Wildman–Crippen MR) is 58.3 cm³/mol. The summed E-state index contributed by atoms with van der Waals surface area (Å²) < 4.78 is 12.9. The van der Waals surface area contributed by atoms with E-state index in [1.54, 1.807) is 6.07 Å². The lowest BCUT2D eigenvalue weighted by atomic mass is 9.80. The minimum atomic E-state index is -0.506. The van der Waals surface area contributed by atoms with Crippen LogP contribution in [-0.4, -0.2) is 5.11 Å².